The van der Waals surface area contributed by atoms with Gasteiger partial charge >= 0.3 is 0 Å². The minimum Gasteiger partial charge on any atom is -0.493 e. The predicted molar refractivity (Wildman–Crippen MR) is 119 cm³/mol. The molecule has 1 fully saturated rings. The summed E-state index contributed by atoms with van der Waals surface area (Å²) in [5.41, 5.74) is 3.08. The van der Waals surface area contributed by atoms with Crippen LogP contribution in [0, 0.1) is 24.7 Å². The Bertz CT molecular complexity index is 918. The molecule has 0 radical (unpaired) electrons. The molecule has 1 saturated carbocycles. The predicted octanol–water partition coefficient (Wildman–Crippen LogP) is 4.91. The van der Waals surface area contributed by atoms with Crippen molar-refractivity contribution >= 4 is 5.91 Å². The number of methoxy groups -OCH3 is 2. The molecular formula is C26H31NO3. The molecule has 2 aliphatic rings. The number of nitrogens with zero attached hydrogens (tertiary/aromatic N) is 1. The van der Waals surface area contributed by atoms with Gasteiger partial charge in [-0.05, 0) is 73.8 Å². The molecule has 0 aromatic heterocycles. The summed E-state index contributed by atoms with van der Waals surface area (Å²) in [4.78, 5) is 15.4. The summed E-state index contributed by atoms with van der Waals surface area (Å²) in [5.74, 6) is 3.49. The van der Waals surface area contributed by atoms with Crippen LogP contribution in [-0.4, -0.2) is 38.1 Å². The van der Waals surface area contributed by atoms with Crippen LogP contribution in [-0.2, 0) is 6.42 Å². The summed E-state index contributed by atoms with van der Waals surface area (Å²) in [6, 6.07) is 13.9. The third kappa shape index (κ3) is 4.38. The number of amides is 1. The number of hydrogen-bond acceptors (Lipinski definition) is 3. The molecule has 3 atom stereocenters. The third-order valence-electron chi connectivity index (χ3n) is 6.58. The molecule has 0 aliphatic heterocycles. The maximum Gasteiger partial charge on any atom is 0.253 e. The van der Waals surface area contributed by atoms with E-state index in [9.17, 15) is 4.79 Å². The number of aryl methyl sites for hydroxylation is 1. The highest BCUT2D eigenvalue weighted by Crippen LogP contribution is 2.43. The monoisotopic (exact) mass is 405 g/mol. The van der Waals surface area contributed by atoms with Crippen molar-refractivity contribution < 1.29 is 14.3 Å². The molecule has 2 aromatic rings. The molecule has 2 aromatic carbocycles. The Kier molecular flexibility index (Phi) is 6.12. The second-order valence-electron chi connectivity index (χ2n) is 8.60. The molecule has 158 valence electrons. The van der Waals surface area contributed by atoms with Crippen molar-refractivity contribution in [1.82, 2.24) is 4.90 Å². The van der Waals surface area contributed by atoms with E-state index in [1.807, 2.05) is 43.3 Å². The molecular weight excluding hydrogens is 374 g/mol. The number of ether oxygens (including phenoxy) is 2. The molecule has 1 amide bonds. The molecule has 4 heteroatoms. The molecule has 2 bridgehead atoms. The van der Waals surface area contributed by atoms with Gasteiger partial charge in [-0.1, -0.05) is 35.9 Å². The molecule has 0 N–H and O–H groups in total. The normalized spacial score (nSPS) is 21.6. The number of hydrogen-bond donors (Lipinski definition) is 0. The number of fused-ring (bicyclic) bond motifs is 2. The van der Waals surface area contributed by atoms with Crippen LogP contribution in [0.5, 0.6) is 11.5 Å². The SMILES string of the molecule is COc1ccc(CCN(CC2CC3C=CC2C3)C(=O)c2ccc(C)cc2)cc1OC. The lowest BCUT2D eigenvalue weighted by Crippen LogP contribution is -2.38. The summed E-state index contributed by atoms with van der Waals surface area (Å²) in [5, 5.41) is 0. The Balaban J connectivity index is 1.50. The first-order chi connectivity index (χ1) is 14.6. The van der Waals surface area contributed by atoms with Gasteiger partial charge in [0.2, 0.25) is 0 Å². The standard InChI is InChI=1S/C26H31NO3/c1-18-4-8-21(9-5-18)26(28)27(17-23-15-20-6-10-22(23)14-20)13-12-19-7-11-24(29-2)25(16-19)30-3/h4-11,16,20,22-23H,12-15,17H2,1-3H3. The van der Waals surface area contributed by atoms with Gasteiger partial charge in [-0.2, -0.15) is 0 Å². The van der Waals surface area contributed by atoms with Gasteiger partial charge in [0.25, 0.3) is 5.91 Å². The minimum absolute atomic E-state index is 0.127. The lowest BCUT2D eigenvalue weighted by molar-refractivity contribution is 0.0721. The lowest BCUT2D eigenvalue weighted by Gasteiger charge is -2.29. The quantitative estimate of drug-likeness (QED) is 0.586. The van der Waals surface area contributed by atoms with Crippen molar-refractivity contribution in [3.8, 4) is 11.5 Å². The van der Waals surface area contributed by atoms with Gasteiger partial charge in [-0.15, -0.1) is 0 Å². The summed E-state index contributed by atoms with van der Waals surface area (Å²) in [7, 11) is 3.29. The summed E-state index contributed by atoms with van der Waals surface area (Å²) in [6.45, 7) is 3.57. The fraction of sp³-hybridized carbons (Fsp3) is 0.423. The maximum atomic E-state index is 13.4. The fourth-order valence-electron chi connectivity index (χ4n) is 4.84. The Morgan fingerprint density at radius 1 is 1.00 bits per heavy atom. The average molecular weight is 406 g/mol. The summed E-state index contributed by atoms with van der Waals surface area (Å²) in [6.07, 6.45) is 7.97. The molecule has 0 spiro atoms. The average Bonchev–Trinajstić information content (AvgIpc) is 3.39. The van der Waals surface area contributed by atoms with Crippen molar-refractivity contribution in [2.75, 3.05) is 27.3 Å². The summed E-state index contributed by atoms with van der Waals surface area (Å²) < 4.78 is 10.8. The molecule has 2 aliphatic carbocycles. The Hall–Kier alpha value is -2.75. The van der Waals surface area contributed by atoms with E-state index in [0.29, 0.717) is 24.3 Å². The first-order valence-electron chi connectivity index (χ1n) is 10.8. The van der Waals surface area contributed by atoms with Gasteiger partial charge in [0.1, 0.15) is 0 Å². The molecule has 0 heterocycles. The van der Waals surface area contributed by atoms with Crippen molar-refractivity contribution in [3.63, 3.8) is 0 Å². The molecule has 0 saturated heterocycles. The van der Waals surface area contributed by atoms with Crippen molar-refractivity contribution in [3.05, 3.63) is 71.3 Å². The molecule has 3 unspecified atom stereocenters. The number of benzene rings is 2. The smallest absolute Gasteiger partial charge is 0.253 e. The van der Waals surface area contributed by atoms with Gasteiger partial charge in [-0.3, -0.25) is 4.79 Å². The van der Waals surface area contributed by atoms with E-state index in [1.165, 1.54) is 18.4 Å². The van der Waals surface area contributed by atoms with Crippen molar-refractivity contribution in [2.45, 2.75) is 26.2 Å². The number of carbonyl (C=O) groups excluding carboxylic acids is 1. The number of rotatable bonds is 8. The highest BCUT2D eigenvalue weighted by Gasteiger charge is 2.37. The Morgan fingerprint density at radius 3 is 2.40 bits per heavy atom. The van der Waals surface area contributed by atoms with Crippen LogP contribution in [0.3, 0.4) is 0 Å². The molecule has 30 heavy (non-hydrogen) atoms. The van der Waals surface area contributed by atoms with E-state index in [4.69, 9.17) is 9.47 Å². The van der Waals surface area contributed by atoms with E-state index >= 15 is 0 Å². The topological polar surface area (TPSA) is 38.8 Å². The molecule has 4 rings (SSSR count). The zero-order valence-corrected chi connectivity index (χ0v) is 18.1. The van der Waals surface area contributed by atoms with Crippen LogP contribution >= 0.6 is 0 Å². The van der Waals surface area contributed by atoms with Crippen LogP contribution < -0.4 is 9.47 Å². The van der Waals surface area contributed by atoms with Crippen LogP contribution in [0.15, 0.2) is 54.6 Å². The lowest BCUT2D eigenvalue weighted by atomic mass is 9.92. The first kappa shape index (κ1) is 20.5. The van der Waals surface area contributed by atoms with E-state index in [2.05, 4.69) is 23.1 Å². The zero-order chi connectivity index (χ0) is 21.1. The van der Waals surface area contributed by atoms with E-state index in [0.717, 1.165) is 35.6 Å². The largest absolute Gasteiger partial charge is 0.493 e. The number of allylic oxidation sites excluding steroid dienone is 2. The number of carbonyl (C=O) groups is 1. The van der Waals surface area contributed by atoms with E-state index in [1.54, 1.807) is 14.2 Å². The maximum absolute atomic E-state index is 13.4. The van der Waals surface area contributed by atoms with Gasteiger partial charge in [0.05, 0.1) is 14.2 Å². The minimum atomic E-state index is 0.127. The Labute approximate surface area is 179 Å². The highest BCUT2D eigenvalue weighted by molar-refractivity contribution is 5.94. The second-order valence-corrected chi connectivity index (χ2v) is 8.60. The van der Waals surface area contributed by atoms with Gasteiger partial charge in [0, 0.05) is 18.7 Å². The highest BCUT2D eigenvalue weighted by atomic mass is 16.5. The van der Waals surface area contributed by atoms with E-state index < -0.39 is 0 Å². The van der Waals surface area contributed by atoms with Gasteiger partial charge in [-0.25, -0.2) is 0 Å². The molecule has 4 nitrogen and oxygen atoms in total. The van der Waals surface area contributed by atoms with Gasteiger partial charge < -0.3 is 14.4 Å². The van der Waals surface area contributed by atoms with Crippen LogP contribution in [0.1, 0.15) is 34.3 Å². The van der Waals surface area contributed by atoms with Crippen molar-refractivity contribution in [2.24, 2.45) is 17.8 Å². The zero-order valence-electron chi connectivity index (χ0n) is 18.1. The van der Waals surface area contributed by atoms with Gasteiger partial charge in [0.15, 0.2) is 11.5 Å². The third-order valence-corrected chi connectivity index (χ3v) is 6.58. The van der Waals surface area contributed by atoms with Crippen LogP contribution in [0.2, 0.25) is 0 Å². The first-order valence-corrected chi connectivity index (χ1v) is 10.8. The fourth-order valence-corrected chi connectivity index (χ4v) is 4.84. The summed E-state index contributed by atoms with van der Waals surface area (Å²) >= 11 is 0. The van der Waals surface area contributed by atoms with Crippen molar-refractivity contribution in [1.29, 1.82) is 0 Å². The van der Waals surface area contributed by atoms with Crippen LogP contribution in [0.4, 0.5) is 0 Å². The second kappa shape index (κ2) is 8.95. The Morgan fingerprint density at radius 2 is 1.77 bits per heavy atom. The van der Waals surface area contributed by atoms with E-state index in [-0.39, 0.29) is 5.91 Å². The van der Waals surface area contributed by atoms with Crippen LogP contribution in [0.25, 0.3) is 0 Å².